The van der Waals surface area contributed by atoms with E-state index in [4.69, 9.17) is 0 Å². The van der Waals surface area contributed by atoms with Gasteiger partial charge in [0.05, 0.1) is 22.5 Å². The Hall–Kier alpha value is -0.0361. The predicted molar refractivity (Wildman–Crippen MR) is 124 cm³/mol. The molecule has 1 radical (unpaired) electrons. The average Bonchev–Trinajstić information content (AvgIpc) is 2.49. The van der Waals surface area contributed by atoms with Crippen LogP contribution in [0.3, 0.4) is 0 Å². The van der Waals surface area contributed by atoms with E-state index in [0.29, 0.717) is 11.4 Å². The Kier molecular flexibility index (Phi) is 11.0. The van der Waals surface area contributed by atoms with Gasteiger partial charge in [-0.05, 0) is 80.3 Å². The summed E-state index contributed by atoms with van der Waals surface area (Å²) >= 11 is 0. The number of oxime groups is 2. The van der Waals surface area contributed by atoms with Gasteiger partial charge in [0.15, 0.2) is 0 Å². The van der Waals surface area contributed by atoms with E-state index in [1.165, 1.54) is 0 Å². The molecule has 0 aromatic heterocycles. The van der Waals surface area contributed by atoms with Crippen molar-refractivity contribution in [3.63, 3.8) is 0 Å². The Morgan fingerprint density at radius 2 is 0.833 bits per heavy atom. The zero-order valence-corrected chi connectivity index (χ0v) is 24.8. The number of nitrogens with one attached hydrogen (secondary N) is 2. The minimum atomic E-state index is -0.446. The molecule has 0 bridgehead atoms. The SMILES string of the molecule is C/C(=N\O)C(C)(C)NC(C)(C)C(C)(C)[CH-]C(C)(C)C(C)(C)NC(C)(C)/C(C)=N/O.[Y]. The summed E-state index contributed by atoms with van der Waals surface area (Å²) in [6.07, 6.45) is 2.39. The van der Waals surface area contributed by atoms with E-state index in [1.54, 1.807) is 0 Å². The minimum Gasteiger partial charge on any atom is -0.411 e. The topological polar surface area (TPSA) is 89.2 Å². The first-order valence-electron chi connectivity index (χ1n) is 10.4. The van der Waals surface area contributed by atoms with Crippen molar-refractivity contribution in [3.8, 4) is 0 Å². The van der Waals surface area contributed by atoms with Gasteiger partial charge in [-0.25, -0.2) is 0 Å². The molecule has 0 spiro atoms. The van der Waals surface area contributed by atoms with Crippen LogP contribution in [0.5, 0.6) is 0 Å². The van der Waals surface area contributed by atoms with E-state index < -0.39 is 11.1 Å². The fourth-order valence-corrected chi connectivity index (χ4v) is 3.58. The zero-order valence-electron chi connectivity index (χ0n) is 21.9. The average molecular weight is 501 g/mol. The zero-order chi connectivity index (χ0) is 23.7. The number of hydrogen-bond donors (Lipinski definition) is 4. The summed E-state index contributed by atoms with van der Waals surface area (Å²) in [5.74, 6) is 0. The molecule has 0 aliphatic heterocycles. The standard InChI is InChI=1S/C23H47N4O2.Y/c1-16(24-28)20(7,8)26-22(11,12)18(3,4)15-19(5,6)23(13,14)27-21(9,10)17(2)25-29;/h15,26-29H,1-14H3;/q-1;/b24-16+,25-17+;. The van der Waals surface area contributed by atoms with Crippen LogP contribution in [0.2, 0.25) is 0 Å². The van der Waals surface area contributed by atoms with Crippen molar-refractivity contribution < 1.29 is 43.1 Å². The molecule has 0 saturated heterocycles. The second kappa shape index (κ2) is 10.3. The van der Waals surface area contributed by atoms with Gasteiger partial charge in [-0.1, -0.05) is 38.0 Å². The van der Waals surface area contributed by atoms with Gasteiger partial charge in [0.2, 0.25) is 0 Å². The fourth-order valence-electron chi connectivity index (χ4n) is 3.58. The second-order valence-corrected chi connectivity index (χ2v) is 11.7. The quantitative estimate of drug-likeness (QED) is 0.143. The Bertz CT molecular complexity index is 579. The first-order valence-corrected chi connectivity index (χ1v) is 10.4. The van der Waals surface area contributed by atoms with Gasteiger partial charge in [0.1, 0.15) is 0 Å². The predicted octanol–water partition coefficient (Wildman–Crippen LogP) is 5.23. The third-order valence-corrected chi connectivity index (χ3v) is 7.30. The monoisotopic (exact) mass is 500 g/mol. The molecule has 0 fully saturated rings. The molecule has 7 heteroatoms. The molecule has 6 nitrogen and oxygen atoms in total. The van der Waals surface area contributed by atoms with E-state index in [9.17, 15) is 10.4 Å². The summed E-state index contributed by atoms with van der Waals surface area (Å²) in [5, 5.41) is 32.7. The Balaban J connectivity index is 0. The summed E-state index contributed by atoms with van der Waals surface area (Å²) < 4.78 is 0. The molecule has 0 rings (SSSR count). The van der Waals surface area contributed by atoms with Crippen molar-refractivity contribution in [3.05, 3.63) is 6.42 Å². The molecule has 0 aliphatic rings. The Morgan fingerprint density at radius 1 is 0.600 bits per heavy atom. The summed E-state index contributed by atoms with van der Waals surface area (Å²) in [6, 6.07) is 0. The summed E-state index contributed by atoms with van der Waals surface area (Å²) in [7, 11) is 0. The molecular formula is C23H47N4O2Y-. The van der Waals surface area contributed by atoms with Crippen LogP contribution in [-0.4, -0.2) is 44.0 Å². The van der Waals surface area contributed by atoms with Crippen molar-refractivity contribution >= 4 is 11.4 Å². The Morgan fingerprint density at radius 3 is 1.03 bits per heavy atom. The van der Waals surface area contributed by atoms with Crippen LogP contribution in [-0.2, 0) is 32.7 Å². The summed E-state index contributed by atoms with van der Waals surface area (Å²) in [5.41, 5.74) is -0.581. The third-order valence-electron chi connectivity index (χ3n) is 7.30. The van der Waals surface area contributed by atoms with Gasteiger partial charge >= 0.3 is 0 Å². The summed E-state index contributed by atoms with van der Waals surface area (Å²) in [4.78, 5) is 0. The molecule has 0 atom stereocenters. The third kappa shape index (κ3) is 7.53. The molecule has 175 valence electrons. The maximum Gasteiger partial charge on any atom is 0.0734 e. The van der Waals surface area contributed by atoms with Crippen LogP contribution in [0.1, 0.15) is 96.9 Å². The van der Waals surface area contributed by atoms with Crippen LogP contribution in [0, 0.1) is 17.3 Å². The number of rotatable bonds is 10. The van der Waals surface area contributed by atoms with Crippen LogP contribution in [0.25, 0.3) is 0 Å². The molecule has 0 aliphatic carbocycles. The fraction of sp³-hybridized carbons (Fsp3) is 0.870. The second-order valence-electron chi connectivity index (χ2n) is 11.7. The van der Waals surface area contributed by atoms with E-state index in [-0.39, 0.29) is 54.6 Å². The van der Waals surface area contributed by atoms with Crippen molar-refractivity contribution in [1.82, 2.24) is 10.6 Å². The maximum atomic E-state index is 9.24. The largest absolute Gasteiger partial charge is 0.411 e. The first-order chi connectivity index (χ1) is 12.6. The maximum absolute atomic E-state index is 9.24. The molecule has 0 saturated carbocycles. The minimum absolute atomic E-state index is 0. The molecule has 0 unspecified atom stereocenters. The normalized spacial score (nSPS) is 15.8. The van der Waals surface area contributed by atoms with Gasteiger partial charge < -0.3 is 27.5 Å². The van der Waals surface area contributed by atoms with Crippen LogP contribution in [0.15, 0.2) is 10.3 Å². The number of nitrogens with zero attached hydrogens (tertiary/aromatic N) is 2. The molecule has 0 aromatic carbocycles. The van der Waals surface area contributed by atoms with Crippen LogP contribution >= 0.6 is 0 Å². The smallest absolute Gasteiger partial charge is 0.0734 e. The first kappa shape index (κ1) is 32.1. The van der Waals surface area contributed by atoms with Gasteiger partial charge in [0.25, 0.3) is 0 Å². The van der Waals surface area contributed by atoms with Gasteiger partial charge in [-0.2, -0.15) is 0 Å². The van der Waals surface area contributed by atoms with Crippen molar-refractivity contribution in [2.75, 3.05) is 0 Å². The van der Waals surface area contributed by atoms with Crippen LogP contribution in [0.4, 0.5) is 0 Å². The molecule has 4 N–H and O–H groups in total. The summed E-state index contributed by atoms with van der Waals surface area (Å²) in [6.45, 7) is 29.4. The Labute approximate surface area is 211 Å². The van der Waals surface area contributed by atoms with E-state index in [1.807, 2.05) is 41.5 Å². The molecule has 30 heavy (non-hydrogen) atoms. The van der Waals surface area contributed by atoms with Gasteiger partial charge in [-0.15, -0.1) is 10.8 Å². The van der Waals surface area contributed by atoms with Crippen LogP contribution < -0.4 is 10.6 Å². The van der Waals surface area contributed by atoms with E-state index in [0.717, 1.165) is 0 Å². The van der Waals surface area contributed by atoms with Crippen molar-refractivity contribution in [1.29, 1.82) is 0 Å². The molecule has 0 amide bonds. The van der Waals surface area contributed by atoms with Gasteiger partial charge in [-0.3, -0.25) is 0 Å². The molecule has 0 heterocycles. The van der Waals surface area contributed by atoms with Crippen molar-refractivity contribution in [2.45, 2.75) is 119 Å². The van der Waals surface area contributed by atoms with Crippen molar-refractivity contribution in [2.24, 2.45) is 21.1 Å². The molecular weight excluding hydrogens is 453 g/mol. The molecule has 0 aromatic rings. The van der Waals surface area contributed by atoms with Gasteiger partial charge in [0, 0.05) is 32.7 Å². The number of hydrogen-bond acceptors (Lipinski definition) is 6. The van der Waals surface area contributed by atoms with E-state index in [2.05, 4.69) is 82.8 Å². The van der Waals surface area contributed by atoms with E-state index >= 15 is 0 Å².